The molecule has 38 heavy (non-hydrogen) atoms. The zero-order chi connectivity index (χ0) is 26.7. The summed E-state index contributed by atoms with van der Waals surface area (Å²) in [6.45, 7) is 5.72. The van der Waals surface area contributed by atoms with Gasteiger partial charge in [-0.15, -0.1) is 0 Å². The van der Waals surface area contributed by atoms with Crippen LogP contribution in [0.15, 0.2) is 42.9 Å². The number of ether oxygens (including phenoxy) is 1. The van der Waals surface area contributed by atoms with Crippen LogP contribution in [0.25, 0.3) is 22.2 Å². The normalized spacial score (nSPS) is 18.3. The van der Waals surface area contributed by atoms with Gasteiger partial charge in [0.2, 0.25) is 0 Å². The number of aliphatic hydroxyl groups is 1. The number of anilines is 1. The van der Waals surface area contributed by atoms with E-state index in [-0.39, 0.29) is 5.54 Å². The summed E-state index contributed by atoms with van der Waals surface area (Å²) in [6.07, 6.45) is 5.94. The van der Waals surface area contributed by atoms with Crippen LogP contribution >= 0.6 is 23.2 Å². The zero-order valence-electron chi connectivity index (χ0n) is 20.9. The van der Waals surface area contributed by atoms with Gasteiger partial charge in [-0.1, -0.05) is 23.2 Å². The minimum atomic E-state index is -0.566. The van der Waals surface area contributed by atoms with Crippen molar-refractivity contribution in [2.45, 2.75) is 43.9 Å². The molecule has 3 N–H and O–H groups in total. The van der Waals surface area contributed by atoms with Crippen molar-refractivity contribution in [2.75, 3.05) is 24.5 Å². The van der Waals surface area contributed by atoms with Crippen molar-refractivity contribution in [3.8, 4) is 17.0 Å². The maximum absolute atomic E-state index is 15.2. The number of aromatic nitrogens is 4. The number of hydrogen-bond acceptors (Lipinski definition) is 7. The molecule has 3 aromatic heterocycles. The third-order valence-corrected chi connectivity index (χ3v) is 7.89. The highest BCUT2D eigenvalue weighted by molar-refractivity contribution is 6.35. The maximum Gasteiger partial charge on any atom is 0.166 e. The average molecular weight is 557 g/mol. The third-order valence-electron chi connectivity index (χ3n) is 7.29. The first-order valence-corrected chi connectivity index (χ1v) is 13.2. The number of nitrogens with zero attached hydrogens (tertiary/aromatic N) is 4. The molecule has 0 amide bonds. The molecule has 0 bridgehead atoms. The van der Waals surface area contributed by atoms with Crippen LogP contribution in [0, 0.1) is 5.82 Å². The van der Waals surface area contributed by atoms with E-state index in [9.17, 15) is 5.11 Å². The van der Waals surface area contributed by atoms with E-state index >= 15 is 4.39 Å². The van der Waals surface area contributed by atoms with Crippen LogP contribution in [0.4, 0.5) is 10.2 Å². The molecular weight excluding hydrogens is 530 g/mol. The summed E-state index contributed by atoms with van der Waals surface area (Å²) in [5, 5.41) is 22.5. The van der Waals surface area contributed by atoms with E-state index in [0.717, 1.165) is 23.7 Å². The van der Waals surface area contributed by atoms with E-state index in [1.54, 1.807) is 6.20 Å². The second-order valence-corrected chi connectivity index (χ2v) is 11.4. The largest absolute Gasteiger partial charge is 0.486 e. The van der Waals surface area contributed by atoms with Gasteiger partial charge >= 0.3 is 0 Å². The van der Waals surface area contributed by atoms with Gasteiger partial charge < -0.3 is 20.1 Å². The van der Waals surface area contributed by atoms with Crippen molar-refractivity contribution in [1.29, 1.82) is 0 Å². The van der Waals surface area contributed by atoms with Gasteiger partial charge in [-0.25, -0.2) is 9.37 Å². The lowest BCUT2D eigenvalue weighted by Crippen LogP contribution is -2.69. The Bertz CT molecular complexity index is 1500. The molecule has 6 rings (SSSR count). The van der Waals surface area contributed by atoms with E-state index in [1.807, 2.05) is 30.0 Å². The highest BCUT2D eigenvalue weighted by Crippen LogP contribution is 2.37. The number of H-pyrrole nitrogens is 1. The van der Waals surface area contributed by atoms with Crippen molar-refractivity contribution in [3.05, 3.63) is 64.3 Å². The standard InChI is InChI=1S/C27H27Cl2FN6O2/c1-15(23-19(28)10-31-11-20(23)29)38-17-3-4-22-18(8-17)24(35-34-22)16-7-21(30)25(32-9-16)36-13-26(2,14-36)33-12-27(37)5-6-27/h3-4,7-11,15,33,37H,5-6,12-14H2,1-2H3,(H,34,35)/t15-/m1/s1. The van der Waals surface area contributed by atoms with Gasteiger partial charge in [-0.2, -0.15) is 5.10 Å². The molecule has 1 aliphatic carbocycles. The molecule has 4 aromatic rings. The summed E-state index contributed by atoms with van der Waals surface area (Å²) in [4.78, 5) is 10.3. The van der Waals surface area contributed by atoms with Crippen molar-refractivity contribution in [2.24, 2.45) is 0 Å². The van der Waals surface area contributed by atoms with Gasteiger partial charge in [-0.05, 0) is 51.0 Å². The van der Waals surface area contributed by atoms with Crippen LogP contribution in [0.3, 0.4) is 0 Å². The molecule has 0 unspecified atom stereocenters. The number of aromatic amines is 1. The molecule has 11 heteroatoms. The van der Waals surface area contributed by atoms with Crippen LogP contribution in [0.2, 0.25) is 10.0 Å². The number of fused-ring (bicyclic) bond motifs is 1. The van der Waals surface area contributed by atoms with Crippen molar-refractivity contribution in [1.82, 2.24) is 25.5 Å². The monoisotopic (exact) mass is 556 g/mol. The van der Waals surface area contributed by atoms with E-state index in [1.165, 1.54) is 18.5 Å². The molecule has 4 heterocycles. The molecule has 198 valence electrons. The number of hydrogen-bond donors (Lipinski definition) is 3. The summed E-state index contributed by atoms with van der Waals surface area (Å²) in [6, 6.07) is 6.98. The van der Waals surface area contributed by atoms with Crippen LogP contribution in [-0.4, -0.2) is 56.0 Å². The number of rotatable bonds is 8. The maximum atomic E-state index is 15.2. The molecule has 1 aromatic carbocycles. The van der Waals surface area contributed by atoms with Gasteiger partial charge in [-0.3, -0.25) is 10.1 Å². The first-order chi connectivity index (χ1) is 18.1. The molecular formula is C27H27Cl2FN6O2. The molecule has 2 fully saturated rings. The molecule has 0 radical (unpaired) electrons. The van der Waals surface area contributed by atoms with E-state index in [2.05, 4.69) is 32.4 Å². The predicted molar refractivity (Wildman–Crippen MR) is 145 cm³/mol. The fourth-order valence-electron chi connectivity index (χ4n) is 4.91. The van der Waals surface area contributed by atoms with Gasteiger partial charge in [0.25, 0.3) is 0 Å². The Kier molecular flexibility index (Phi) is 6.22. The molecule has 1 aliphatic heterocycles. The minimum absolute atomic E-state index is 0.179. The van der Waals surface area contributed by atoms with E-state index < -0.39 is 17.5 Å². The van der Waals surface area contributed by atoms with Crippen molar-refractivity contribution < 1.29 is 14.2 Å². The highest BCUT2D eigenvalue weighted by Gasteiger charge is 2.45. The molecule has 1 saturated carbocycles. The lowest BCUT2D eigenvalue weighted by atomic mass is 9.91. The third kappa shape index (κ3) is 4.80. The van der Waals surface area contributed by atoms with E-state index in [4.69, 9.17) is 27.9 Å². The second kappa shape index (κ2) is 9.34. The predicted octanol–water partition coefficient (Wildman–Crippen LogP) is 5.30. The van der Waals surface area contributed by atoms with Crippen LogP contribution < -0.4 is 15.0 Å². The summed E-state index contributed by atoms with van der Waals surface area (Å²) in [5.41, 5.74) is 1.82. The van der Waals surface area contributed by atoms with Crippen molar-refractivity contribution >= 4 is 39.9 Å². The van der Waals surface area contributed by atoms with Gasteiger partial charge in [0.1, 0.15) is 17.5 Å². The SMILES string of the molecule is C[C@@H](Oc1ccc2[nH]nc(-c3cnc(N4CC(C)(NCC5(O)CC5)C4)c(F)c3)c2c1)c1c(Cl)cncc1Cl. The Morgan fingerprint density at radius 1 is 1.18 bits per heavy atom. The lowest BCUT2D eigenvalue weighted by Gasteiger charge is -2.49. The van der Waals surface area contributed by atoms with Gasteiger partial charge in [0.15, 0.2) is 11.6 Å². The lowest BCUT2D eigenvalue weighted by molar-refractivity contribution is 0.127. The number of benzene rings is 1. The smallest absolute Gasteiger partial charge is 0.166 e. The topological polar surface area (TPSA) is 99.2 Å². The van der Waals surface area contributed by atoms with Crippen LogP contribution in [0.1, 0.15) is 38.4 Å². The Labute approximate surface area is 229 Å². The molecule has 1 atom stereocenters. The van der Waals surface area contributed by atoms with Gasteiger partial charge in [0, 0.05) is 54.7 Å². The Balaban J connectivity index is 1.19. The van der Waals surface area contributed by atoms with Crippen molar-refractivity contribution in [3.63, 3.8) is 0 Å². The first-order valence-electron chi connectivity index (χ1n) is 12.5. The molecule has 2 aliphatic rings. The Morgan fingerprint density at radius 2 is 1.92 bits per heavy atom. The molecule has 8 nitrogen and oxygen atoms in total. The van der Waals surface area contributed by atoms with Gasteiger partial charge in [0.05, 0.1) is 26.7 Å². The Hall–Kier alpha value is -2.98. The highest BCUT2D eigenvalue weighted by atomic mass is 35.5. The zero-order valence-corrected chi connectivity index (χ0v) is 22.4. The number of β-amino-alcohol motifs (C(OH)–C–C–N with tert-alkyl or cyclic N) is 1. The summed E-state index contributed by atoms with van der Waals surface area (Å²) < 4.78 is 21.3. The summed E-state index contributed by atoms with van der Waals surface area (Å²) >= 11 is 12.6. The Morgan fingerprint density at radius 3 is 2.61 bits per heavy atom. The summed E-state index contributed by atoms with van der Waals surface area (Å²) in [7, 11) is 0. The number of pyridine rings is 2. The first kappa shape index (κ1) is 25.3. The number of halogens is 3. The minimum Gasteiger partial charge on any atom is -0.486 e. The molecule has 0 spiro atoms. The summed E-state index contributed by atoms with van der Waals surface area (Å²) in [5.74, 6) is 0.483. The second-order valence-electron chi connectivity index (χ2n) is 10.6. The van der Waals surface area contributed by atoms with Crippen LogP contribution in [0.5, 0.6) is 5.75 Å². The fraction of sp³-hybridized carbons (Fsp3) is 0.370. The number of nitrogens with one attached hydrogen (secondary N) is 2. The molecule has 1 saturated heterocycles. The average Bonchev–Trinajstić information content (AvgIpc) is 3.45. The quantitative estimate of drug-likeness (QED) is 0.271. The van der Waals surface area contributed by atoms with E-state index in [0.29, 0.717) is 58.1 Å². The van der Waals surface area contributed by atoms with Crippen LogP contribution in [-0.2, 0) is 0 Å². The fourth-order valence-corrected chi connectivity index (χ4v) is 5.58.